The van der Waals surface area contributed by atoms with Gasteiger partial charge in [0.2, 0.25) is 11.8 Å². The molecule has 13 heteroatoms. The summed E-state index contributed by atoms with van der Waals surface area (Å²) in [5.74, 6) is -1.28. The fourth-order valence-corrected chi connectivity index (χ4v) is 6.53. The maximum atomic E-state index is 13.5. The molecule has 0 atom stereocenters. The lowest BCUT2D eigenvalue weighted by Gasteiger charge is -2.16. The SMILES string of the molecule is O=C(CCN1CCCC1)Nc1cc(NC(=O)Nc2cc(NC(=O)CCN3CCCC3)cc(C(=O)Nc3ccccc3)c2)cc(C(=O)Nc2ccccc2)c1. The van der Waals surface area contributed by atoms with E-state index in [4.69, 9.17) is 0 Å². The lowest BCUT2D eigenvalue weighted by molar-refractivity contribution is -0.117. The molecule has 2 saturated heterocycles. The van der Waals surface area contributed by atoms with E-state index in [2.05, 4.69) is 41.7 Å². The predicted octanol–water partition coefficient (Wildman–Crippen LogP) is 6.68. The zero-order chi connectivity index (χ0) is 37.7. The highest BCUT2D eigenvalue weighted by atomic mass is 16.2. The molecule has 280 valence electrons. The van der Waals surface area contributed by atoms with Crippen LogP contribution in [0.5, 0.6) is 0 Å². The minimum atomic E-state index is -0.672. The van der Waals surface area contributed by atoms with Crippen molar-refractivity contribution in [2.24, 2.45) is 0 Å². The first-order valence-corrected chi connectivity index (χ1v) is 18.4. The second-order valence-corrected chi connectivity index (χ2v) is 13.5. The molecule has 0 spiro atoms. The number of para-hydroxylation sites is 2. The molecule has 6 amide bonds. The summed E-state index contributed by atoms with van der Waals surface area (Å²) in [4.78, 5) is 70.5. The summed E-state index contributed by atoms with van der Waals surface area (Å²) in [5.41, 5.74) is 2.78. The zero-order valence-corrected chi connectivity index (χ0v) is 30.2. The lowest BCUT2D eigenvalue weighted by Crippen LogP contribution is -2.25. The molecule has 0 aromatic heterocycles. The fraction of sp³-hybridized carbons (Fsp3) is 0.293. The van der Waals surface area contributed by atoms with Gasteiger partial charge in [-0.1, -0.05) is 36.4 Å². The molecule has 2 heterocycles. The molecule has 13 nitrogen and oxygen atoms in total. The van der Waals surface area contributed by atoms with Crippen molar-refractivity contribution in [2.75, 3.05) is 71.2 Å². The number of urea groups is 1. The minimum Gasteiger partial charge on any atom is -0.326 e. The van der Waals surface area contributed by atoms with Crippen molar-refractivity contribution in [1.29, 1.82) is 0 Å². The Bertz CT molecular complexity index is 1800. The Labute approximate surface area is 314 Å². The Balaban J connectivity index is 1.18. The van der Waals surface area contributed by atoms with E-state index in [1.54, 1.807) is 72.8 Å². The van der Waals surface area contributed by atoms with Crippen molar-refractivity contribution in [3.63, 3.8) is 0 Å². The van der Waals surface area contributed by atoms with E-state index in [1.165, 1.54) is 12.1 Å². The molecular weight excluding hydrogens is 685 g/mol. The average molecular weight is 731 g/mol. The van der Waals surface area contributed by atoms with Gasteiger partial charge in [-0.05, 0) is 113 Å². The minimum absolute atomic E-state index is 0.210. The van der Waals surface area contributed by atoms with Crippen LogP contribution < -0.4 is 31.9 Å². The van der Waals surface area contributed by atoms with Gasteiger partial charge in [0.15, 0.2) is 0 Å². The van der Waals surface area contributed by atoms with Crippen molar-refractivity contribution >= 4 is 63.8 Å². The lowest BCUT2D eigenvalue weighted by atomic mass is 10.1. The van der Waals surface area contributed by atoms with Gasteiger partial charge in [-0.3, -0.25) is 19.2 Å². The fourth-order valence-electron chi connectivity index (χ4n) is 6.53. The summed E-state index contributed by atoms with van der Waals surface area (Å²) >= 11 is 0. The molecule has 0 saturated carbocycles. The standard InChI is InChI=1S/C41H46N8O5/c50-37(15-21-48-17-7-8-18-48)42-33-23-29(39(52)44-31-11-3-1-4-12-31)25-35(27-33)46-41(54)47-36-26-30(40(53)45-32-13-5-2-6-14-32)24-34(28-36)43-38(51)16-22-49-19-9-10-20-49/h1-6,11-14,23-28H,7-10,15-22H2,(H,42,50)(H,43,51)(H,44,52)(H,45,53)(H2,46,47,54). The van der Waals surface area contributed by atoms with Crippen LogP contribution in [0.2, 0.25) is 0 Å². The molecule has 4 aromatic rings. The van der Waals surface area contributed by atoms with Crippen molar-refractivity contribution in [3.8, 4) is 0 Å². The Kier molecular flexibility index (Phi) is 13.0. The van der Waals surface area contributed by atoms with Crippen LogP contribution in [0.1, 0.15) is 59.2 Å². The van der Waals surface area contributed by atoms with E-state index in [9.17, 15) is 24.0 Å². The maximum Gasteiger partial charge on any atom is 0.323 e. The van der Waals surface area contributed by atoms with Crippen LogP contribution in [0.3, 0.4) is 0 Å². The van der Waals surface area contributed by atoms with Crippen molar-refractivity contribution in [1.82, 2.24) is 9.80 Å². The van der Waals surface area contributed by atoms with Gasteiger partial charge in [0.25, 0.3) is 11.8 Å². The number of carbonyl (C=O) groups excluding carboxylic acids is 5. The summed E-state index contributed by atoms with van der Waals surface area (Å²) < 4.78 is 0. The molecule has 54 heavy (non-hydrogen) atoms. The third kappa shape index (κ3) is 11.5. The largest absolute Gasteiger partial charge is 0.326 e. The number of likely N-dealkylation sites (tertiary alicyclic amines) is 2. The highest BCUT2D eigenvalue weighted by Crippen LogP contribution is 2.24. The first kappa shape index (κ1) is 37.7. The highest BCUT2D eigenvalue weighted by molar-refractivity contribution is 6.09. The quantitative estimate of drug-likeness (QED) is 0.0843. The van der Waals surface area contributed by atoms with Gasteiger partial charge in [-0.2, -0.15) is 0 Å². The maximum absolute atomic E-state index is 13.5. The number of nitrogens with one attached hydrogen (secondary N) is 6. The zero-order valence-electron chi connectivity index (χ0n) is 30.2. The predicted molar refractivity (Wildman–Crippen MR) is 212 cm³/mol. The number of anilines is 6. The van der Waals surface area contributed by atoms with E-state index in [0.29, 0.717) is 35.8 Å². The summed E-state index contributed by atoms with van der Waals surface area (Å²) in [6.45, 7) is 5.16. The molecule has 2 fully saturated rings. The molecule has 0 aliphatic carbocycles. The van der Waals surface area contributed by atoms with Crippen LogP contribution in [-0.4, -0.2) is 78.7 Å². The molecular formula is C41H46N8O5. The van der Waals surface area contributed by atoms with Crippen LogP contribution in [0.25, 0.3) is 0 Å². The highest BCUT2D eigenvalue weighted by Gasteiger charge is 2.18. The van der Waals surface area contributed by atoms with E-state index in [0.717, 1.165) is 51.9 Å². The second kappa shape index (κ2) is 18.6. The monoisotopic (exact) mass is 730 g/mol. The van der Waals surface area contributed by atoms with Crippen LogP contribution in [0.15, 0.2) is 97.1 Å². The van der Waals surface area contributed by atoms with E-state index >= 15 is 0 Å². The third-order valence-corrected chi connectivity index (χ3v) is 9.24. The Morgan fingerprint density at radius 3 is 1.15 bits per heavy atom. The average Bonchev–Trinajstić information content (AvgIpc) is 3.89. The summed E-state index contributed by atoms with van der Waals surface area (Å²) in [5, 5.41) is 16.9. The molecule has 4 aromatic carbocycles. The summed E-state index contributed by atoms with van der Waals surface area (Å²) in [7, 11) is 0. The van der Waals surface area contributed by atoms with Crippen LogP contribution in [-0.2, 0) is 9.59 Å². The van der Waals surface area contributed by atoms with Crippen LogP contribution >= 0.6 is 0 Å². The van der Waals surface area contributed by atoms with Gasteiger partial charge in [0.05, 0.1) is 0 Å². The topological polar surface area (TPSA) is 164 Å². The van der Waals surface area contributed by atoms with Crippen LogP contribution in [0.4, 0.5) is 38.9 Å². The molecule has 0 bridgehead atoms. The van der Waals surface area contributed by atoms with Gasteiger partial charge in [-0.15, -0.1) is 0 Å². The molecule has 6 N–H and O–H groups in total. The molecule has 0 unspecified atom stereocenters. The number of hydrogen-bond acceptors (Lipinski definition) is 7. The number of nitrogens with zero attached hydrogens (tertiary/aromatic N) is 2. The number of rotatable bonds is 14. The summed E-state index contributed by atoms with van der Waals surface area (Å²) in [6.07, 6.45) is 5.06. The summed E-state index contributed by atoms with van der Waals surface area (Å²) in [6, 6.07) is 26.5. The normalized spacial score (nSPS) is 14.2. The van der Waals surface area contributed by atoms with E-state index in [1.807, 2.05) is 12.1 Å². The Morgan fingerprint density at radius 1 is 0.426 bits per heavy atom. The van der Waals surface area contributed by atoms with Gasteiger partial charge >= 0.3 is 6.03 Å². The molecule has 0 radical (unpaired) electrons. The van der Waals surface area contributed by atoms with Crippen molar-refractivity contribution in [3.05, 3.63) is 108 Å². The number of hydrogen-bond donors (Lipinski definition) is 6. The first-order valence-electron chi connectivity index (χ1n) is 18.4. The Hall–Kier alpha value is -6.05. The molecule has 6 rings (SSSR count). The number of carbonyl (C=O) groups is 5. The molecule has 2 aliphatic rings. The van der Waals surface area contributed by atoms with Gasteiger partial charge in [0.1, 0.15) is 0 Å². The second-order valence-electron chi connectivity index (χ2n) is 13.5. The van der Waals surface area contributed by atoms with Crippen molar-refractivity contribution in [2.45, 2.75) is 38.5 Å². The van der Waals surface area contributed by atoms with E-state index in [-0.39, 0.29) is 47.2 Å². The smallest absolute Gasteiger partial charge is 0.323 e. The first-order chi connectivity index (χ1) is 26.3. The van der Waals surface area contributed by atoms with Gasteiger partial charge in [-0.25, -0.2) is 4.79 Å². The van der Waals surface area contributed by atoms with Gasteiger partial charge < -0.3 is 41.7 Å². The number of benzene rings is 4. The number of amides is 6. The third-order valence-electron chi connectivity index (χ3n) is 9.24. The van der Waals surface area contributed by atoms with Gasteiger partial charge in [0, 0.05) is 71.2 Å². The van der Waals surface area contributed by atoms with Crippen molar-refractivity contribution < 1.29 is 24.0 Å². The van der Waals surface area contributed by atoms with Crippen LogP contribution in [0, 0.1) is 0 Å². The Morgan fingerprint density at radius 2 is 0.778 bits per heavy atom. The molecule has 2 aliphatic heterocycles. The van der Waals surface area contributed by atoms with E-state index < -0.39 is 17.8 Å².